The van der Waals surface area contributed by atoms with Crippen molar-refractivity contribution in [1.29, 1.82) is 0 Å². The smallest absolute Gasteiger partial charge is 0.147 e. The molecule has 0 spiro atoms. The number of aryl methyl sites for hydroxylation is 1. The lowest BCUT2D eigenvalue weighted by Gasteiger charge is -2.22. The SMILES string of the molecule is CCC(F)(CN)c1ccc(C)c(F)c1. The number of rotatable bonds is 3. The summed E-state index contributed by atoms with van der Waals surface area (Å²) in [6.07, 6.45) is 0.256. The molecule has 1 rings (SSSR count). The highest BCUT2D eigenvalue weighted by atomic mass is 19.1. The van der Waals surface area contributed by atoms with Crippen LogP contribution < -0.4 is 5.73 Å². The average Bonchev–Trinajstić information content (AvgIpc) is 2.21. The lowest BCUT2D eigenvalue weighted by molar-refractivity contribution is 0.168. The summed E-state index contributed by atoms with van der Waals surface area (Å²) >= 11 is 0. The van der Waals surface area contributed by atoms with E-state index in [0.717, 1.165) is 0 Å². The van der Waals surface area contributed by atoms with Crippen LogP contribution in [0.2, 0.25) is 0 Å². The van der Waals surface area contributed by atoms with Gasteiger partial charge in [-0.1, -0.05) is 19.1 Å². The van der Waals surface area contributed by atoms with Crippen LogP contribution >= 0.6 is 0 Å². The van der Waals surface area contributed by atoms with Crippen molar-refractivity contribution in [2.75, 3.05) is 6.54 Å². The summed E-state index contributed by atoms with van der Waals surface area (Å²) in [7, 11) is 0. The fraction of sp³-hybridized carbons (Fsp3) is 0.455. The largest absolute Gasteiger partial charge is 0.327 e. The lowest BCUT2D eigenvalue weighted by Crippen LogP contribution is -2.29. The minimum absolute atomic E-state index is 0.119. The summed E-state index contributed by atoms with van der Waals surface area (Å²) < 4.78 is 27.2. The normalized spacial score (nSPS) is 15.2. The molecule has 1 unspecified atom stereocenters. The van der Waals surface area contributed by atoms with Gasteiger partial charge in [0.05, 0.1) is 0 Å². The first-order valence-electron chi connectivity index (χ1n) is 4.69. The predicted molar refractivity (Wildman–Crippen MR) is 53.3 cm³/mol. The monoisotopic (exact) mass is 199 g/mol. The molecule has 0 saturated heterocycles. The maximum absolute atomic E-state index is 14.0. The predicted octanol–water partition coefficient (Wildman–Crippen LogP) is 2.67. The number of hydrogen-bond donors (Lipinski definition) is 1. The molecule has 0 radical (unpaired) electrons. The van der Waals surface area contributed by atoms with E-state index in [0.29, 0.717) is 11.1 Å². The Labute approximate surface area is 82.9 Å². The van der Waals surface area contributed by atoms with Crippen LogP contribution in [0.25, 0.3) is 0 Å². The van der Waals surface area contributed by atoms with Crippen molar-refractivity contribution in [1.82, 2.24) is 0 Å². The maximum atomic E-state index is 14.0. The molecule has 3 heteroatoms. The molecule has 0 heterocycles. The molecule has 0 saturated carbocycles. The Hall–Kier alpha value is -0.960. The van der Waals surface area contributed by atoms with Crippen LogP contribution in [0.3, 0.4) is 0 Å². The van der Waals surface area contributed by atoms with Gasteiger partial charge in [-0.25, -0.2) is 8.78 Å². The van der Waals surface area contributed by atoms with Gasteiger partial charge in [0.25, 0.3) is 0 Å². The minimum Gasteiger partial charge on any atom is -0.327 e. The van der Waals surface area contributed by atoms with Crippen LogP contribution in [0.5, 0.6) is 0 Å². The molecule has 0 aromatic heterocycles. The first kappa shape index (κ1) is 11.1. The standard InChI is InChI=1S/C11H15F2N/c1-3-11(13,7-14)9-5-4-8(2)10(12)6-9/h4-6H,3,7,14H2,1-2H3. The zero-order chi connectivity index (χ0) is 10.8. The fourth-order valence-electron chi connectivity index (χ4n) is 1.34. The van der Waals surface area contributed by atoms with E-state index in [4.69, 9.17) is 5.73 Å². The average molecular weight is 199 g/mol. The Kier molecular flexibility index (Phi) is 3.21. The van der Waals surface area contributed by atoms with Crippen molar-refractivity contribution in [3.05, 3.63) is 35.1 Å². The summed E-state index contributed by atoms with van der Waals surface area (Å²) in [5, 5.41) is 0. The summed E-state index contributed by atoms with van der Waals surface area (Å²) in [5.74, 6) is -0.383. The van der Waals surface area contributed by atoms with E-state index >= 15 is 0 Å². The Morgan fingerprint density at radius 2 is 2.07 bits per heavy atom. The van der Waals surface area contributed by atoms with Gasteiger partial charge in [-0.15, -0.1) is 0 Å². The highest BCUT2D eigenvalue weighted by Crippen LogP contribution is 2.29. The molecule has 0 bridgehead atoms. The summed E-state index contributed by atoms with van der Waals surface area (Å²) in [5.41, 5.74) is 4.58. The van der Waals surface area contributed by atoms with Crippen LogP contribution in [0.1, 0.15) is 24.5 Å². The Morgan fingerprint density at radius 1 is 1.43 bits per heavy atom. The van der Waals surface area contributed by atoms with Gasteiger partial charge in [0.15, 0.2) is 0 Å². The van der Waals surface area contributed by atoms with Crippen molar-refractivity contribution in [3.8, 4) is 0 Å². The van der Waals surface area contributed by atoms with Gasteiger partial charge in [-0.2, -0.15) is 0 Å². The molecule has 14 heavy (non-hydrogen) atoms. The molecule has 2 N–H and O–H groups in total. The number of halogens is 2. The van der Waals surface area contributed by atoms with E-state index in [1.165, 1.54) is 6.07 Å². The molecule has 0 aliphatic carbocycles. The molecular weight excluding hydrogens is 184 g/mol. The van der Waals surface area contributed by atoms with Gasteiger partial charge in [-0.05, 0) is 30.5 Å². The molecule has 1 atom stereocenters. The molecule has 0 aliphatic rings. The Balaban J connectivity index is 3.12. The van der Waals surface area contributed by atoms with Gasteiger partial charge >= 0.3 is 0 Å². The van der Waals surface area contributed by atoms with E-state index in [2.05, 4.69) is 0 Å². The van der Waals surface area contributed by atoms with E-state index in [1.807, 2.05) is 0 Å². The van der Waals surface area contributed by atoms with Crippen molar-refractivity contribution in [2.24, 2.45) is 5.73 Å². The maximum Gasteiger partial charge on any atom is 0.147 e. The fourth-order valence-corrected chi connectivity index (χ4v) is 1.34. The molecule has 0 aliphatic heterocycles. The number of nitrogens with two attached hydrogens (primary N) is 1. The molecule has 1 aromatic rings. The van der Waals surface area contributed by atoms with Gasteiger partial charge in [0, 0.05) is 6.54 Å². The number of benzene rings is 1. The molecule has 78 valence electrons. The Morgan fingerprint density at radius 3 is 2.50 bits per heavy atom. The lowest BCUT2D eigenvalue weighted by atomic mass is 9.92. The zero-order valence-corrected chi connectivity index (χ0v) is 8.48. The van der Waals surface area contributed by atoms with Gasteiger partial charge in [-0.3, -0.25) is 0 Å². The van der Waals surface area contributed by atoms with Crippen molar-refractivity contribution in [3.63, 3.8) is 0 Å². The van der Waals surface area contributed by atoms with Gasteiger partial charge < -0.3 is 5.73 Å². The van der Waals surface area contributed by atoms with Gasteiger partial charge in [0.2, 0.25) is 0 Å². The zero-order valence-electron chi connectivity index (χ0n) is 8.48. The van der Waals surface area contributed by atoms with E-state index in [1.54, 1.807) is 26.0 Å². The highest BCUT2D eigenvalue weighted by Gasteiger charge is 2.28. The number of hydrogen-bond acceptors (Lipinski definition) is 1. The van der Waals surface area contributed by atoms with Crippen LogP contribution in [0.4, 0.5) is 8.78 Å². The van der Waals surface area contributed by atoms with Crippen LogP contribution in [-0.4, -0.2) is 6.54 Å². The van der Waals surface area contributed by atoms with E-state index in [-0.39, 0.29) is 18.8 Å². The molecule has 0 amide bonds. The van der Waals surface area contributed by atoms with Crippen LogP contribution in [0.15, 0.2) is 18.2 Å². The van der Waals surface area contributed by atoms with Crippen molar-refractivity contribution < 1.29 is 8.78 Å². The summed E-state index contributed by atoms with van der Waals surface area (Å²) in [6, 6.07) is 4.39. The van der Waals surface area contributed by atoms with E-state index in [9.17, 15) is 8.78 Å². The Bertz CT molecular complexity index is 319. The van der Waals surface area contributed by atoms with Crippen LogP contribution in [-0.2, 0) is 5.67 Å². The summed E-state index contributed by atoms with van der Waals surface area (Å²) in [6.45, 7) is 3.23. The highest BCUT2D eigenvalue weighted by molar-refractivity contribution is 5.28. The quantitative estimate of drug-likeness (QED) is 0.795. The second-order valence-corrected chi connectivity index (χ2v) is 3.49. The van der Waals surface area contributed by atoms with E-state index < -0.39 is 5.67 Å². The first-order chi connectivity index (χ1) is 6.53. The third kappa shape index (κ3) is 1.93. The molecule has 0 fully saturated rings. The first-order valence-corrected chi connectivity index (χ1v) is 4.69. The second kappa shape index (κ2) is 4.05. The van der Waals surface area contributed by atoms with Crippen molar-refractivity contribution in [2.45, 2.75) is 25.9 Å². The molecular formula is C11H15F2N. The second-order valence-electron chi connectivity index (χ2n) is 3.49. The third-order valence-corrected chi connectivity index (χ3v) is 2.57. The summed E-state index contributed by atoms with van der Waals surface area (Å²) in [4.78, 5) is 0. The molecule has 1 aromatic carbocycles. The van der Waals surface area contributed by atoms with Crippen LogP contribution in [0, 0.1) is 12.7 Å². The minimum atomic E-state index is -1.60. The topological polar surface area (TPSA) is 26.0 Å². The molecule has 1 nitrogen and oxygen atoms in total. The third-order valence-electron chi connectivity index (χ3n) is 2.57. The number of alkyl halides is 1. The van der Waals surface area contributed by atoms with Crippen molar-refractivity contribution >= 4 is 0 Å². The van der Waals surface area contributed by atoms with Gasteiger partial charge in [0.1, 0.15) is 11.5 Å².